The lowest BCUT2D eigenvalue weighted by Crippen LogP contribution is -2.09. The highest BCUT2D eigenvalue weighted by atomic mass is 14.9. The Morgan fingerprint density at radius 1 is 0.750 bits per heavy atom. The van der Waals surface area contributed by atoms with Crippen molar-refractivity contribution < 1.29 is 0 Å². The van der Waals surface area contributed by atoms with Crippen LogP contribution in [0.3, 0.4) is 0 Å². The lowest BCUT2D eigenvalue weighted by Gasteiger charge is -2.17. The van der Waals surface area contributed by atoms with E-state index in [9.17, 15) is 0 Å². The van der Waals surface area contributed by atoms with Crippen molar-refractivity contribution in [3.63, 3.8) is 0 Å². The summed E-state index contributed by atoms with van der Waals surface area (Å²) in [6.45, 7) is 0. The van der Waals surface area contributed by atoms with E-state index < -0.39 is 0 Å². The molecule has 20 heavy (non-hydrogen) atoms. The van der Waals surface area contributed by atoms with Gasteiger partial charge in [0, 0.05) is 17.2 Å². The first-order chi connectivity index (χ1) is 9.93. The summed E-state index contributed by atoms with van der Waals surface area (Å²) in [5.74, 6) is 0.695. The van der Waals surface area contributed by atoms with Crippen molar-refractivity contribution in [2.75, 3.05) is 0 Å². The van der Waals surface area contributed by atoms with Gasteiger partial charge in [-0.25, -0.2) is 0 Å². The zero-order valence-corrected chi connectivity index (χ0v) is 12.5. The fourth-order valence-corrected chi connectivity index (χ4v) is 3.53. The molecule has 0 aromatic heterocycles. The van der Waals surface area contributed by atoms with E-state index in [4.69, 9.17) is 5.32 Å². The van der Waals surface area contributed by atoms with Crippen molar-refractivity contribution in [3.05, 3.63) is 35.5 Å². The molecule has 1 fully saturated rings. The predicted octanol–water partition coefficient (Wildman–Crippen LogP) is 5.81. The lowest BCUT2D eigenvalue weighted by molar-refractivity contribution is 0.457. The molecule has 0 unspecified atom stereocenters. The zero-order valence-electron chi connectivity index (χ0n) is 12.5. The van der Waals surface area contributed by atoms with Crippen LogP contribution < -0.4 is 5.32 Å². The van der Waals surface area contributed by atoms with Gasteiger partial charge in [0.1, 0.15) is 0 Å². The van der Waals surface area contributed by atoms with Crippen LogP contribution in [-0.4, -0.2) is 0 Å². The summed E-state index contributed by atoms with van der Waals surface area (Å²) in [4.78, 5) is 0. The molecule has 2 aliphatic rings. The molecule has 1 saturated carbocycles. The first-order valence-corrected chi connectivity index (χ1v) is 8.46. The zero-order chi connectivity index (χ0) is 13.6. The smallest absolute Gasteiger partial charge is 0.0706 e. The Morgan fingerprint density at radius 2 is 1.35 bits per heavy atom. The Labute approximate surface area is 123 Å². The fraction of sp³-hybridized carbons (Fsp3) is 0.579. The van der Waals surface area contributed by atoms with Crippen LogP contribution in [0.15, 0.2) is 30.0 Å². The molecule has 1 aliphatic carbocycles. The summed E-state index contributed by atoms with van der Waals surface area (Å²) in [7, 11) is 0. The molecule has 1 heteroatoms. The summed E-state index contributed by atoms with van der Waals surface area (Å²) in [6, 6.07) is 8.54. The van der Waals surface area contributed by atoms with E-state index in [-0.39, 0.29) is 0 Å². The van der Waals surface area contributed by atoms with Crippen LogP contribution in [0.2, 0.25) is 0 Å². The van der Waals surface area contributed by atoms with E-state index in [2.05, 4.69) is 30.3 Å². The molecule has 1 aromatic carbocycles. The summed E-state index contributed by atoms with van der Waals surface area (Å²) < 4.78 is 0. The molecule has 1 heterocycles. The Kier molecular flexibility index (Phi) is 4.78. The van der Waals surface area contributed by atoms with E-state index >= 15 is 0 Å². The number of benzene rings is 1. The van der Waals surface area contributed by atoms with Gasteiger partial charge in [0.25, 0.3) is 0 Å². The molecule has 0 spiro atoms. The van der Waals surface area contributed by atoms with Crippen LogP contribution in [0, 0.1) is 5.92 Å². The van der Waals surface area contributed by atoms with Gasteiger partial charge in [-0.05, 0) is 25.0 Å². The quantitative estimate of drug-likeness (QED) is 0.610. The van der Waals surface area contributed by atoms with Gasteiger partial charge in [0.05, 0.1) is 5.69 Å². The maximum Gasteiger partial charge on any atom is 0.0706 e. The number of allylic oxidation sites excluding steroid dienone is 1. The molecule has 1 radical (unpaired) electrons. The summed E-state index contributed by atoms with van der Waals surface area (Å²) in [6.07, 6.45) is 16.4. The first kappa shape index (κ1) is 13.7. The minimum Gasteiger partial charge on any atom is -0.253 e. The highest BCUT2D eigenvalue weighted by Gasteiger charge is 2.21. The second kappa shape index (κ2) is 6.97. The third-order valence-corrected chi connectivity index (χ3v) is 4.76. The Hall–Kier alpha value is -1.24. The number of nitrogens with zero attached hydrogens (tertiary/aromatic N) is 1. The SMILES string of the molecule is C1=C(C2CCCCCCCCCC2)[N]c2ccccc21. The summed E-state index contributed by atoms with van der Waals surface area (Å²) in [5.41, 5.74) is 3.85. The van der Waals surface area contributed by atoms with Crippen molar-refractivity contribution in [2.24, 2.45) is 5.92 Å². The van der Waals surface area contributed by atoms with Crippen molar-refractivity contribution >= 4 is 11.8 Å². The standard InChI is InChI=1S/C19H26N/c1-2-4-6-8-12-16(11-7-5-3-1)19-15-17-13-9-10-14-18(17)20-19/h9-10,13-16H,1-8,11-12H2. The minimum absolute atomic E-state index is 0.695. The van der Waals surface area contributed by atoms with Gasteiger partial charge in [-0.2, -0.15) is 0 Å². The molecule has 0 N–H and O–H groups in total. The van der Waals surface area contributed by atoms with Crippen LogP contribution in [0.25, 0.3) is 6.08 Å². The van der Waals surface area contributed by atoms with E-state index in [0.29, 0.717) is 5.92 Å². The van der Waals surface area contributed by atoms with Crippen LogP contribution >= 0.6 is 0 Å². The molecule has 107 valence electrons. The third-order valence-electron chi connectivity index (χ3n) is 4.76. The largest absolute Gasteiger partial charge is 0.253 e. The number of hydrogen-bond acceptors (Lipinski definition) is 0. The van der Waals surface area contributed by atoms with Crippen molar-refractivity contribution in [3.8, 4) is 0 Å². The van der Waals surface area contributed by atoms with Gasteiger partial charge < -0.3 is 0 Å². The van der Waals surface area contributed by atoms with E-state index in [1.165, 1.54) is 81.2 Å². The molecular weight excluding hydrogens is 242 g/mol. The number of hydrogen-bond donors (Lipinski definition) is 0. The molecule has 1 aromatic rings. The maximum absolute atomic E-state index is 4.89. The van der Waals surface area contributed by atoms with Crippen molar-refractivity contribution in [1.82, 2.24) is 5.32 Å². The van der Waals surface area contributed by atoms with Gasteiger partial charge >= 0.3 is 0 Å². The van der Waals surface area contributed by atoms with E-state index in [0.717, 1.165) is 0 Å². The first-order valence-electron chi connectivity index (χ1n) is 8.46. The molecular formula is C19H26N. The average molecular weight is 268 g/mol. The molecule has 1 aliphatic heterocycles. The fourth-order valence-electron chi connectivity index (χ4n) is 3.53. The monoisotopic (exact) mass is 268 g/mol. The van der Waals surface area contributed by atoms with Crippen LogP contribution in [0.4, 0.5) is 5.69 Å². The number of fused-ring (bicyclic) bond motifs is 1. The van der Waals surface area contributed by atoms with Crippen LogP contribution in [0.5, 0.6) is 0 Å². The van der Waals surface area contributed by atoms with Crippen LogP contribution in [-0.2, 0) is 0 Å². The van der Waals surface area contributed by atoms with Crippen LogP contribution in [0.1, 0.15) is 69.8 Å². The molecule has 0 saturated heterocycles. The summed E-state index contributed by atoms with van der Waals surface area (Å²) >= 11 is 0. The Balaban J connectivity index is 1.65. The molecule has 0 atom stereocenters. The van der Waals surface area contributed by atoms with Crippen molar-refractivity contribution in [2.45, 2.75) is 64.2 Å². The summed E-state index contributed by atoms with van der Waals surface area (Å²) in [5, 5.41) is 4.89. The van der Waals surface area contributed by atoms with Gasteiger partial charge in [0.15, 0.2) is 0 Å². The average Bonchev–Trinajstić information content (AvgIpc) is 2.87. The van der Waals surface area contributed by atoms with Gasteiger partial charge in [-0.15, -0.1) is 0 Å². The highest BCUT2D eigenvalue weighted by molar-refractivity contribution is 5.71. The number of rotatable bonds is 1. The molecule has 0 amide bonds. The normalized spacial score (nSPS) is 21.5. The third kappa shape index (κ3) is 3.45. The van der Waals surface area contributed by atoms with Gasteiger partial charge in [0.2, 0.25) is 0 Å². The minimum atomic E-state index is 0.695. The molecule has 3 rings (SSSR count). The Morgan fingerprint density at radius 3 is 2.00 bits per heavy atom. The number of para-hydroxylation sites is 1. The molecule has 0 bridgehead atoms. The van der Waals surface area contributed by atoms with Crippen molar-refractivity contribution in [1.29, 1.82) is 0 Å². The predicted molar refractivity (Wildman–Crippen MR) is 85.9 cm³/mol. The maximum atomic E-state index is 4.89. The van der Waals surface area contributed by atoms with Gasteiger partial charge in [-0.3, -0.25) is 5.32 Å². The van der Waals surface area contributed by atoms with Gasteiger partial charge in [-0.1, -0.05) is 69.6 Å². The van der Waals surface area contributed by atoms with E-state index in [1.807, 2.05) is 0 Å². The van der Waals surface area contributed by atoms with E-state index in [1.54, 1.807) is 0 Å². The second-order valence-electron chi connectivity index (χ2n) is 6.34. The highest BCUT2D eigenvalue weighted by Crippen LogP contribution is 2.35. The second-order valence-corrected chi connectivity index (χ2v) is 6.34. The lowest BCUT2D eigenvalue weighted by atomic mass is 9.92. The molecule has 1 nitrogen and oxygen atoms in total. The Bertz CT molecular complexity index is 449. The topological polar surface area (TPSA) is 14.1 Å².